The summed E-state index contributed by atoms with van der Waals surface area (Å²) in [5.74, 6) is 0. The Labute approximate surface area is 108 Å². The lowest BCUT2D eigenvalue weighted by Gasteiger charge is -2.16. The van der Waals surface area contributed by atoms with E-state index in [1.165, 1.54) is 0 Å². The minimum Gasteiger partial charge on any atom is -0.467 e. The van der Waals surface area contributed by atoms with Gasteiger partial charge in [0.15, 0.2) is 0 Å². The molecule has 0 spiro atoms. The molecule has 0 aliphatic carbocycles. The van der Waals surface area contributed by atoms with E-state index in [-0.39, 0.29) is 0 Å². The predicted octanol–water partition coefficient (Wildman–Crippen LogP) is 2.46. The maximum Gasteiger partial charge on any atom is 0.316 e. The van der Waals surface area contributed by atoms with Crippen LogP contribution >= 0.6 is 11.6 Å². The first kappa shape index (κ1) is 14.2. The van der Waals surface area contributed by atoms with Crippen LogP contribution < -0.4 is 10.1 Å². The van der Waals surface area contributed by atoms with Gasteiger partial charge in [-0.05, 0) is 19.4 Å². The molecular formula is C12H20ClN3O. The second-order valence-electron chi connectivity index (χ2n) is 3.91. The molecule has 0 aromatic carbocycles. The van der Waals surface area contributed by atoms with Gasteiger partial charge in [0.1, 0.15) is 0 Å². The maximum atomic E-state index is 6.08. The van der Waals surface area contributed by atoms with Crippen molar-refractivity contribution >= 4 is 11.6 Å². The monoisotopic (exact) mass is 257 g/mol. The molecule has 0 aliphatic heterocycles. The molecule has 0 amide bonds. The highest BCUT2D eigenvalue weighted by atomic mass is 35.5. The molecule has 1 unspecified atom stereocenters. The lowest BCUT2D eigenvalue weighted by Crippen LogP contribution is -2.31. The Kier molecular flexibility index (Phi) is 6.22. The van der Waals surface area contributed by atoms with Gasteiger partial charge in [0.2, 0.25) is 0 Å². The van der Waals surface area contributed by atoms with E-state index in [1.807, 2.05) is 0 Å². The van der Waals surface area contributed by atoms with Gasteiger partial charge in [0.05, 0.1) is 24.0 Å². The summed E-state index contributed by atoms with van der Waals surface area (Å²) in [7, 11) is 1.56. The molecule has 1 aromatic heterocycles. The molecule has 0 bridgehead atoms. The summed E-state index contributed by atoms with van der Waals surface area (Å²) in [6, 6.07) is 0.766. The van der Waals surface area contributed by atoms with E-state index in [0.29, 0.717) is 17.1 Å². The molecule has 1 heterocycles. The van der Waals surface area contributed by atoms with E-state index in [2.05, 4.69) is 29.1 Å². The van der Waals surface area contributed by atoms with Gasteiger partial charge < -0.3 is 10.1 Å². The van der Waals surface area contributed by atoms with E-state index >= 15 is 0 Å². The average molecular weight is 258 g/mol. The van der Waals surface area contributed by atoms with Crippen LogP contribution in [-0.4, -0.2) is 29.7 Å². The van der Waals surface area contributed by atoms with Crippen molar-refractivity contribution in [2.45, 2.75) is 39.2 Å². The van der Waals surface area contributed by atoms with Crippen LogP contribution in [0.25, 0.3) is 0 Å². The fourth-order valence-corrected chi connectivity index (χ4v) is 1.74. The van der Waals surface area contributed by atoms with E-state index in [1.54, 1.807) is 13.3 Å². The molecule has 4 nitrogen and oxygen atoms in total. The second-order valence-corrected chi connectivity index (χ2v) is 4.32. The summed E-state index contributed by atoms with van der Waals surface area (Å²) in [4.78, 5) is 8.25. The summed E-state index contributed by atoms with van der Waals surface area (Å²) in [6.45, 7) is 5.32. The normalized spacial score (nSPS) is 12.5. The Hall–Kier alpha value is -0.870. The molecule has 0 aliphatic rings. The van der Waals surface area contributed by atoms with E-state index < -0.39 is 0 Å². The lowest BCUT2D eigenvalue weighted by molar-refractivity contribution is 0.376. The number of ether oxygens (including phenoxy) is 1. The van der Waals surface area contributed by atoms with Gasteiger partial charge in [-0.2, -0.15) is 4.98 Å². The molecule has 0 saturated heterocycles. The van der Waals surface area contributed by atoms with Gasteiger partial charge in [-0.1, -0.05) is 25.4 Å². The Morgan fingerprint density at radius 3 is 2.82 bits per heavy atom. The van der Waals surface area contributed by atoms with Crippen LogP contribution in [0.1, 0.15) is 32.4 Å². The summed E-state index contributed by atoms with van der Waals surface area (Å²) in [6.07, 6.45) is 4.56. The summed E-state index contributed by atoms with van der Waals surface area (Å²) < 4.78 is 5.00. The largest absolute Gasteiger partial charge is 0.467 e. The number of rotatable bonds is 7. The molecule has 1 rings (SSSR count). The minimum atomic E-state index is 0.370. The van der Waals surface area contributed by atoms with E-state index in [0.717, 1.165) is 31.5 Å². The molecule has 1 N–H and O–H groups in total. The van der Waals surface area contributed by atoms with Gasteiger partial charge in [0.25, 0.3) is 0 Å². The van der Waals surface area contributed by atoms with Crippen molar-refractivity contribution in [3.63, 3.8) is 0 Å². The van der Waals surface area contributed by atoms with Gasteiger partial charge in [-0.25, -0.2) is 4.98 Å². The van der Waals surface area contributed by atoms with Gasteiger partial charge >= 0.3 is 6.01 Å². The van der Waals surface area contributed by atoms with Crippen molar-refractivity contribution < 1.29 is 4.74 Å². The van der Waals surface area contributed by atoms with Crippen LogP contribution in [0.5, 0.6) is 6.01 Å². The number of nitrogens with zero attached hydrogens (tertiary/aromatic N) is 2. The Morgan fingerprint density at radius 2 is 2.24 bits per heavy atom. The number of halogens is 1. The van der Waals surface area contributed by atoms with Crippen molar-refractivity contribution in [1.82, 2.24) is 15.3 Å². The number of hydrogen-bond donors (Lipinski definition) is 1. The lowest BCUT2D eigenvalue weighted by atomic mass is 10.1. The Morgan fingerprint density at radius 1 is 1.47 bits per heavy atom. The van der Waals surface area contributed by atoms with Gasteiger partial charge in [0, 0.05) is 12.5 Å². The van der Waals surface area contributed by atoms with Crippen molar-refractivity contribution in [3.8, 4) is 6.01 Å². The number of aromatic nitrogens is 2. The Balaban J connectivity index is 2.70. The maximum absolute atomic E-state index is 6.08. The fraction of sp³-hybridized carbons (Fsp3) is 0.667. The molecule has 1 atom stereocenters. The van der Waals surface area contributed by atoms with E-state index in [4.69, 9.17) is 16.3 Å². The topological polar surface area (TPSA) is 47.0 Å². The third-order valence-corrected chi connectivity index (χ3v) is 2.91. The molecule has 0 fully saturated rings. The number of hydrogen-bond acceptors (Lipinski definition) is 4. The van der Waals surface area contributed by atoms with Crippen molar-refractivity contribution in [2.24, 2.45) is 0 Å². The number of nitrogens with one attached hydrogen (secondary N) is 1. The van der Waals surface area contributed by atoms with Crippen LogP contribution in [0.15, 0.2) is 6.20 Å². The highest BCUT2D eigenvalue weighted by Gasteiger charge is 2.12. The predicted molar refractivity (Wildman–Crippen MR) is 69.7 cm³/mol. The second kappa shape index (κ2) is 7.45. The smallest absolute Gasteiger partial charge is 0.316 e. The van der Waals surface area contributed by atoms with Crippen molar-refractivity contribution in [2.75, 3.05) is 13.7 Å². The molecule has 96 valence electrons. The number of methoxy groups -OCH3 is 1. The highest BCUT2D eigenvalue weighted by molar-refractivity contribution is 6.31. The Bertz CT molecular complexity index is 347. The third-order valence-electron chi connectivity index (χ3n) is 2.59. The zero-order valence-corrected chi connectivity index (χ0v) is 11.4. The van der Waals surface area contributed by atoms with Crippen LogP contribution in [-0.2, 0) is 6.42 Å². The van der Waals surface area contributed by atoms with Crippen LogP contribution in [0, 0.1) is 0 Å². The van der Waals surface area contributed by atoms with Crippen molar-refractivity contribution in [3.05, 3.63) is 16.9 Å². The zero-order chi connectivity index (χ0) is 12.7. The fourth-order valence-electron chi connectivity index (χ4n) is 1.57. The summed E-state index contributed by atoms with van der Waals surface area (Å²) in [5, 5.41) is 4.07. The van der Waals surface area contributed by atoms with E-state index in [9.17, 15) is 0 Å². The summed E-state index contributed by atoms with van der Waals surface area (Å²) in [5.41, 5.74) is 0.842. The molecule has 5 heteroatoms. The highest BCUT2D eigenvalue weighted by Crippen LogP contribution is 2.17. The van der Waals surface area contributed by atoms with Crippen molar-refractivity contribution in [1.29, 1.82) is 0 Å². The van der Waals surface area contributed by atoms with Crippen LogP contribution in [0.3, 0.4) is 0 Å². The van der Waals surface area contributed by atoms with Gasteiger partial charge in [-0.15, -0.1) is 0 Å². The molecule has 0 radical (unpaired) electrons. The molecule has 0 saturated carbocycles. The first-order chi connectivity index (χ1) is 8.21. The molecule has 1 aromatic rings. The van der Waals surface area contributed by atoms with Gasteiger partial charge in [-0.3, -0.25) is 0 Å². The first-order valence-electron chi connectivity index (χ1n) is 6.00. The third kappa shape index (κ3) is 4.48. The molecule has 17 heavy (non-hydrogen) atoms. The first-order valence-corrected chi connectivity index (χ1v) is 6.37. The minimum absolute atomic E-state index is 0.370. The zero-order valence-electron chi connectivity index (χ0n) is 10.7. The average Bonchev–Trinajstić information content (AvgIpc) is 2.36. The SMILES string of the molecule is CCCNC(CC)Cc1nc(OC)ncc1Cl. The molecular weight excluding hydrogens is 238 g/mol. The van der Waals surface area contributed by atoms with Crippen LogP contribution in [0.2, 0.25) is 5.02 Å². The summed E-state index contributed by atoms with van der Waals surface area (Å²) >= 11 is 6.08. The standard InChI is InChI=1S/C12H20ClN3O/c1-4-6-14-9(5-2)7-11-10(13)8-15-12(16-11)17-3/h8-9,14H,4-7H2,1-3H3. The van der Waals surface area contributed by atoms with Crippen LogP contribution in [0.4, 0.5) is 0 Å². The quantitative estimate of drug-likeness (QED) is 0.815.